The molecule has 0 fully saturated rings. The molecule has 0 aliphatic carbocycles. The quantitative estimate of drug-likeness (QED) is 0.923. The molecular formula is C10H8BrF2N3. The van der Waals surface area contributed by atoms with Crippen molar-refractivity contribution in [3.63, 3.8) is 0 Å². The first-order valence-corrected chi connectivity index (χ1v) is 5.28. The van der Waals surface area contributed by atoms with Gasteiger partial charge in [0.05, 0.1) is 11.0 Å². The molecule has 0 radical (unpaired) electrons. The number of halogens is 3. The highest BCUT2D eigenvalue weighted by atomic mass is 79.9. The first kappa shape index (κ1) is 11.1. The van der Waals surface area contributed by atoms with E-state index in [9.17, 15) is 8.78 Å². The maximum atomic E-state index is 13.3. The number of benzene rings is 1. The van der Waals surface area contributed by atoms with Crippen LogP contribution in [0.4, 0.5) is 14.6 Å². The fourth-order valence-electron chi connectivity index (χ4n) is 1.34. The van der Waals surface area contributed by atoms with Crippen molar-refractivity contribution >= 4 is 21.7 Å². The molecule has 1 heterocycles. The molecule has 0 atom stereocenters. The number of aromatic nitrogens is 2. The zero-order chi connectivity index (χ0) is 11.7. The van der Waals surface area contributed by atoms with Crippen LogP contribution in [0.3, 0.4) is 0 Å². The third-order valence-electron chi connectivity index (χ3n) is 2.13. The number of nitrogen functional groups attached to an aromatic ring is 1. The monoisotopic (exact) mass is 287 g/mol. The van der Waals surface area contributed by atoms with Crippen molar-refractivity contribution in [1.29, 1.82) is 0 Å². The molecule has 2 aromatic rings. The average Bonchev–Trinajstić information content (AvgIpc) is 2.53. The van der Waals surface area contributed by atoms with Crippen LogP contribution in [0.5, 0.6) is 0 Å². The fraction of sp³-hybridized carbons (Fsp3) is 0.100. The lowest BCUT2D eigenvalue weighted by atomic mass is 10.2. The van der Waals surface area contributed by atoms with Crippen LogP contribution in [0.2, 0.25) is 0 Å². The van der Waals surface area contributed by atoms with E-state index in [1.807, 2.05) is 0 Å². The minimum Gasteiger partial charge on any atom is -0.381 e. The van der Waals surface area contributed by atoms with Gasteiger partial charge in [0.2, 0.25) is 0 Å². The second kappa shape index (κ2) is 4.21. The van der Waals surface area contributed by atoms with Crippen molar-refractivity contribution in [3.05, 3.63) is 46.1 Å². The van der Waals surface area contributed by atoms with Gasteiger partial charge in [-0.25, -0.2) is 8.78 Å². The predicted molar refractivity (Wildman–Crippen MR) is 59.8 cm³/mol. The zero-order valence-electron chi connectivity index (χ0n) is 8.12. The third-order valence-corrected chi connectivity index (χ3v) is 2.74. The molecule has 16 heavy (non-hydrogen) atoms. The summed E-state index contributed by atoms with van der Waals surface area (Å²) < 4.78 is 28.6. The molecule has 2 rings (SSSR count). The molecule has 1 aromatic heterocycles. The maximum Gasteiger partial charge on any atom is 0.159 e. The molecule has 0 saturated carbocycles. The summed E-state index contributed by atoms with van der Waals surface area (Å²) in [4.78, 5) is 0. The normalized spacial score (nSPS) is 10.7. The van der Waals surface area contributed by atoms with E-state index in [0.29, 0.717) is 4.47 Å². The molecule has 0 aliphatic rings. The molecule has 0 aliphatic heterocycles. The van der Waals surface area contributed by atoms with Gasteiger partial charge in [0, 0.05) is 11.8 Å². The number of nitrogens with two attached hydrogens (primary N) is 1. The van der Waals surface area contributed by atoms with E-state index in [1.54, 1.807) is 6.20 Å². The summed E-state index contributed by atoms with van der Waals surface area (Å²) in [5.74, 6) is -0.896. The van der Waals surface area contributed by atoms with Gasteiger partial charge in [-0.3, -0.25) is 4.68 Å². The minimum absolute atomic E-state index is 0.00824. The number of anilines is 1. The Kier molecular flexibility index (Phi) is 2.91. The van der Waals surface area contributed by atoms with Crippen LogP contribution in [0.15, 0.2) is 28.9 Å². The van der Waals surface area contributed by atoms with E-state index < -0.39 is 11.6 Å². The second-order valence-electron chi connectivity index (χ2n) is 3.26. The molecule has 3 nitrogen and oxygen atoms in total. The number of rotatable bonds is 2. The molecule has 0 amide bonds. The van der Waals surface area contributed by atoms with Crippen molar-refractivity contribution < 1.29 is 8.78 Å². The van der Waals surface area contributed by atoms with Crippen molar-refractivity contribution in [3.8, 4) is 0 Å². The van der Waals surface area contributed by atoms with Crippen molar-refractivity contribution in [2.45, 2.75) is 6.54 Å². The number of hydrogen-bond donors (Lipinski definition) is 1. The van der Waals surface area contributed by atoms with Gasteiger partial charge < -0.3 is 5.73 Å². The van der Waals surface area contributed by atoms with Crippen LogP contribution < -0.4 is 5.73 Å². The van der Waals surface area contributed by atoms with Crippen LogP contribution in [0.25, 0.3) is 0 Å². The lowest BCUT2D eigenvalue weighted by molar-refractivity contribution is 0.533. The van der Waals surface area contributed by atoms with E-state index in [4.69, 9.17) is 5.73 Å². The van der Waals surface area contributed by atoms with Gasteiger partial charge in [0.15, 0.2) is 5.82 Å². The lowest BCUT2D eigenvalue weighted by Gasteiger charge is -2.04. The van der Waals surface area contributed by atoms with Crippen LogP contribution in [-0.2, 0) is 6.54 Å². The van der Waals surface area contributed by atoms with Crippen LogP contribution in [0, 0.1) is 11.6 Å². The lowest BCUT2D eigenvalue weighted by Crippen LogP contribution is -2.05. The fourth-order valence-corrected chi connectivity index (χ4v) is 1.65. The molecule has 0 unspecified atom stereocenters. The highest BCUT2D eigenvalue weighted by Gasteiger charge is 2.10. The standard InChI is InChI=1S/C10H8BrF2N3/c11-7-5-16(15-10(7)14)4-6-8(12)2-1-3-9(6)13/h1-3,5H,4H2,(H2,14,15). The molecule has 2 N–H and O–H groups in total. The number of nitrogens with zero attached hydrogens (tertiary/aromatic N) is 2. The SMILES string of the molecule is Nc1nn(Cc2c(F)cccc2F)cc1Br. The molecule has 0 bridgehead atoms. The average molecular weight is 288 g/mol. The van der Waals surface area contributed by atoms with Gasteiger partial charge in [-0.05, 0) is 28.1 Å². The number of hydrogen-bond acceptors (Lipinski definition) is 2. The third kappa shape index (κ3) is 2.06. The Bertz CT molecular complexity index is 485. The topological polar surface area (TPSA) is 43.8 Å². The first-order chi connectivity index (χ1) is 7.58. The van der Waals surface area contributed by atoms with E-state index in [0.717, 1.165) is 0 Å². The zero-order valence-corrected chi connectivity index (χ0v) is 9.71. The first-order valence-electron chi connectivity index (χ1n) is 4.49. The van der Waals surface area contributed by atoms with Gasteiger partial charge in [0.1, 0.15) is 11.6 Å². The summed E-state index contributed by atoms with van der Waals surface area (Å²) in [6, 6.07) is 3.74. The van der Waals surface area contributed by atoms with Gasteiger partial charge in [-0.15, -0.1) is 0 Å². The Labute approximate surface area is 99.0 Å². The summed E-state index contributed by atoms with van der Waals surface area (Å²) in [5.41, 5.74) is 5.47. The summed E-state index contributed by atoms with van der Waals surface area (Å²) in [7, 11) is 0. The van der Waals surface area contributed by atoms with Crippen LogP contribution in [-0.4, -0.2) is 9.78 Å². The van der Waals surface area contributed by atoms with E-state index in [-0.39, 0.29) is 17.9 Å². The second-order valence-corrected chi connectivity index (χ2v) is 4.11. The molecule has 0 saturated heterocycles. The van der Waals surface area contributed by atoms with Gasteiger partial charge in [-0.2, -0.15) is 5.10 Å². The predicted octanol–water partition coefficient (Wildman–Crippen LogP) is 2.55. The van der Waals surface area contributed by atoms with Gasteiger partial charge in [-0.1, -0.05) is 6.07 Å². The van der Waals surface area contributed by atoms with Crippen molar-refractivity contribution in [2.24, 2.45) is 0 Å². The highest BCUT2D eigenvalue weighted by molar-refractivity contribution is 9.10. The maximum absolute atomic E-state index is 13.3. The highest BCUT2D eigenvalue weighted by Crippen LogP contribution is 2.19. The van der Waals surface area contributed by atoms with E-state index in [1.165, 1.54) is 22.9 Å². The summed E-state index contributed by atoms with van der Waals surface area (Å²) in [6.07, 6.45) is 1.57. The minimum atomic E-state index is -0.592. The molecular weight excluding hydrogens is 280 g/mol. The van der Waals surface area contributed by atoms with E-state index in [2.05, 4.69) is 21.0 Å². The molecule has 0 spiro atoms. The Balaban J connectivity index is 2.33. The molecule has 84 valence electrons. The smallest absolute Gasteiger partial charge is 0.159 e. The van der Waals surface area contributed by atoms with Gasteiger partial charge in [0.25, 0.3) is 0 Å². The Morgan fingerprint density at radius 3 is 2.44 bits per heavy atom. The molecule has 6 heteroatoms. The Morgan fingerprint density at radius 1 is 1.31 bits per heavy atom. The van der Waals surface area contributed by atoms with Crippen LogP contribution >= 0.6 is 15.9 Å². The van der Waals surface area contributed by atoms with Crippen LogP contribution in [0.1, 0.15) is 5.56 Å². The largest absolute Gasteiger partial charge is 0.381 e. The summed E-state index contributed by atoms with van der Waals surface area (Å²) in [5, 5.41) is 3.90. The summed E-state index contributed by atoms with van der Waals surface area (Å²) >= 11 is 3.17. The van der Waals surface area contributed by atoms with Crippen molar-refractivity contribution in [2.75, 3.05) is 5.73 Å². The Hall–Kier alpha value is -1.43. The summed E-state index contributed by atoms with van der Waals surface area (Å²) in [6.45, 7) is 0.00824. The van der Waals surface area contributed by atoms with Crippen molar-refractivity contribution in [1.82, 2.24) is 9.78 Å². The van der Waals surface area contributed by atoms with Gasteiger partial charge >= 0.3 is 0 Å². The van der Waals surface area contributed by atoms with E-state index >= 15 is 0 Å². The Morgan fingerprint density at radius 2 is 1.94 bits per heavy atom. The molecule has 1 aromatic carbocycles.